The van der Waals surface area contributed by atoms with Crippen LogP contribution in [0.5, 0.6) is 0 Å². The third kappa shape index (κ3) is 3.48. The highest BCUT2D eigenvalue weighted by Gasteiger charge is 2.24. The van der Waals surface area contributed by atoms with Crippen LogP contribution in [-0.4, -0.2) is 24.2 Å². The Labute approximate surface area is 118 Å². The van der Waals surface area contributed by atoms with E-state index < -0.39 is 5.82 Å². The molecule has 110 valence electrons. The molecule has 1 amide bonds. The number of anilines is 1. The normalized spacial score (nSPS) is 22.5. The number of rotatable bonds is 4. The summed E-state index contributed by atoms with van der Waals surface area (Å²) in [6, 6.07) is 4.05. The zero-order valence-corrected chi connectivity index (χ0v) is 11.4. The van der Waals surface area contributed by atoms with E-state index in [0.717, 1.165) is 31.7 Å². The molecule has 0 aliphatic heterocycles. The molecule has 1 aliphatic rings. The summed E-state index contributed by atoms with van der Waals surface area (Å²) in [5, 5.41) is 12.2. The van der Waals surface area contributed by atoms with Gasteiger partial charge in [0.2, 0.25) is 0 Å². The number of aliphatic hydroxyl groups is 1. The van der Waals surface area contributed by atoms with Crippen molar-refractivity contribution in [3.8, 4) is 0 Å². The van der Waals surface area contributed by atoms with Gasteiger partial charge in [-0.25, -0.2) is 4.39 Å². The van der Waals surface area contributed by atoms with Gasteiger partial charge in [0.15, 0.2) is 0 Å². The van der Waals surface area contributed by atoms with Gasteiger partial charge in [-0.3, -0.25) is 4.79 Å². The molecule has 1 saturated carbocycles. The topological polar surface area (TPSA) is 75.4 Å². The van der Waals surface area contributed by atoms with Crippen molar-refractivity contribution in [2.24, 2.45) is 11.8 Å². The third-order valence-corrected chi connectivity index (χ3v) is 4.09. The van der Waals surface area contributed by atoms with Crippen LogP contribution in [-0.2, 0) is 0 Å². The average Bonchev–Trinajstić information content (AvgIpc) is 2.47. The molecule has 1 fully saturated rings. The first-order chi connectivity index (χ1) is 9.61. The Morgan fingerprint density at radius 2 is 2.05 bits per heavy atom. The number of benzene rings is 1. The van der Waals surface area contributed by atoms with Crippen molar-refractivity contribution in [3.63, 3.8) is 0 Å². The van der Waals surface area contributed by atoms with E-state index in [-0.39, 0.29) is 29.7 Å². The second-order valence-corrected chi connectivity index (χ2v) is 5.43. The SMILES string of the molecule is Nc1ccc(C(=O)NCC2CCCCC2CO)cc1F. The highest BCUT2D eigenvalue weighted by atomic mass is 19.1. The molecule has 1 aromatic carbocycles. The second kappa shape index (κ2) is 6.70. The molecule has 20 heavy (non-hydrogen) atoms. The Hall–Kier alpha value is -1.62. The van der Waals surface area contributed by atoms with Crippen molar-refractivity contribution in [2.45, 2.75) is 25.7 Å². The summed E-state index contributed by atoms with van der Waals surface area (Å²) in [6.07, 6.45) is 4.29. The van der Waals surface area contributed by atoms with Crippen molar-refractivity contribution in [1.82, 2.24) is 5.32 Å². The van der Waals surface area contributed by atoms with E-state index in [9.17, 15) is 14.3 Å². The van der Waals surface area contributed by atoms with Gasteiger partial charge >= 0.3 is 0 Å². The van der Waals surface area contributed by atoms with Gasteiger partial charge in [0.1, 0.15) is 5.82 Å². The first kappa shape index (κ1) is 14.8. The van der Waals surface area contributed by atoms with E-state index >= 15 is 0 Å². The van der Waals surface area contributed by atoms with E-state index in [1.807, 2.05) is 0 Å². The fraction of sp³-hybridized carbons (Fsp3) is 0.533. The highest BCUT2D eigenvalue weighted by Crippen LogP contribution is 2.29. The summed E-state index contributed by atoms with van der Waals surface area (Å²) < 4.78 is 13.3. The van der Waals surface area contributed by atoms with Crippen LogP contribution in [0.25, 0.3) is 0 Å². The van der Waals surface area contributed by atoms with Gasteiger partial charge < -0.3 is 16.2 Å². The molecule has 4 N–H and O–H groups in total. The van der Waals surface area contributed by atoms with Gasteiger partial charge in [-0.05, 0) is 42.9 Å². The number of nitrogen functional groups attached to an aromatic ring is 1. The summed E-state index contributed by atoms with van der Waals surface area (Å²) in [4.78, 5) is 12.0. The minimum Gasteiger partial charge on any atom is -0.396 e. The molecule has 0 heterocycles. The number of carbonyl (C=O) groups is 1. The number of nitrogens with one attached hydrogen (secondary N) is 1. The number of aliphatic hydroxyl groups excluding tert-OH is 1. The number of amides is 1. The zero-order valence-electron chi connectivity index (χ0n) is 11.4. The first-order valence-electron chi connectivity index (χ1n) is 7.06. The van der Waals surface area contributed by atoms with Crippen LogP contribution >= 0.6 is 0 Å². The molecule has 2 unspecified atom stereocenters. The molecule has 0 aromatic heterocycles. The van der Waals surface area contributed by atoms with Crippen molar-refractivity contribution in [3.05, 3.63) is 29.6 Å². The van der Waals surface area contributed by atoms with Crippen LogP contribution in [0.2, 0.25) is 0 Å². The van der Waals surface area contributed by atoms with Crippen molar-refractivity contribution >= 4 is 11.6 Å². The summed E-state index contributed by atoms with van der Waals surface area (Å²) in [7, 11) is 0. The molecular formula is C15H21FN2O2. The van der Waals surface area contributed by atoms with Gasteiger partial charge in [0, 0.05) is 18.7 Å². The Morgan fingerprint density at radius 1 is 1.35 bits per heavy atom. The van der Waals surface area contributed by atoms with Gasteiger partial charge in [-0.1, -0.05) is 12.8 Å². The molecule has 2 rings (SSSR count). The van der Waals surface area contributed by atoms with E-state index in [1.165, 1.54) is 12.1 Å². The summed E-state index contributed by atoms with van der Waals surface area (Å²) in [5.74, 6) is -0.321. The predicted octanol–water partition coefficient (Wildman–Crippen LogP) is 1.94. The molecule has 5 heteroatoms. The molecule has 1 aromatic rings. The Balaban J connectivity index is 1.92. The smallest absolute Gasteiger partial charge is 0.251 e. The summed E-state index contributed by atoms with van der Waals surface area (Å²) in [6.45, 7) is 0.688. The van der Waals surface area contributed by atoms with E-state index in [4.69, 9.17) is 5.73 Å². The first-order valence-corrected chi connectivity index (χ1v) is 7.06. The van der Waals surface area contributed by atoms with Gasteiger partial charge in [0.05, 0.1) is 5.69 Å². The maximum absolute atomic E-state index is 13.3. The van der Waals surface area contributed by atoms with E-state index in [0.29, 0.717) is 12.5 Å². The number of hydrogen-bond acceptors (Lipinski definition) is 3. The lowest BCUT2D eigenvalue weighted by Gasteiger charge is -2.30. The largest absolute Gasteiger partial charge is 0.396 e. The standard InChI is InChI=1S/C15H21FN2O2/c16-13-7-10(5-6-14(13)17)15(20)18-8-11-3-1-2-4-12(11)9-19/h5-7,11-12,19H,1-4,8-9,17H2,(H,18,20). The number of halogens is 1. The van der Waals surface area contributed by atoms with Crippen molar-refractivity contribution in [1.29, 1.82) is 0 Å². The van der Waals surface area contributed by atoms with Crippen LogP contribution in [0, 0.1) is 17.7 Å². The molecule has 4 nitrogen and oxygen atoms in total. The summed E-state index contributed by atoms with van der Waals surface area (Å²) >= 11 is 0. The van der Waals surface area contributed by atoms with Gasteiger partial charge in [0.25, 0.3) is 5.91 Å². The van der Waals surface area contributed by atoms with Gasteiger partial charge in [-0.2, -0.15) is 0 Å². The fourth-order valence-corrected chi connectivity index (χ4v) is 2.79. The number of carbonyl (C=O) groups excluding carboxylic acids is 1. The Kier molecular flexibility index (Phi) is 4.95. The minimum absolute atomic E-state index is 0.0363. The van der Waals surface area contributed by atoms with Crippen LogP contribution < -0.4 is 11.1 Å². The van der Waals surface area contributed by atoms with E-state index in [2.05, 4.69) is 5.32 Å². The molecule has 0 saturated heterocycles. The van der Waals surface area contributed by atoms with Crippen LogP contribution in [0.3, 0.4) is 0 Å². The minimum atomic E-state index is -0.580. The molecule has 0 spiro atoms. The predicted molar refractivity (Wildman–Crippen MR) is 75.7 cm³/mol. The fourth-order valence-electron chi connectivity index (χ4n) is 2.79. The van der Waals surface area contributed by atoms with Crippen LogP contribution in [0.15, 0.2) is 18.2 Å². The average molecular weight is 280 g/mol. The van der Waals surface area contributed by atoms with Crippen LogP contribution in [0.1, 0.15) is 36.0 Å². The molecule has 2 atom stereocenters. The maximum Gasteiger partial charge on any atom is 0.251 e. The second-order valence-electron chi connectivity index (χ2n) is 5.43. The van der Waals surface area contributed by atoms with Crippen LogP contribution in [0.4, 0.5) is 10.1 Å². The monoisotopic (exact) mass is 280 g/mol. The van der Waals surface area contributed by atoms with E-state index in [1.54, 1.807) is 0 Å². The molecule has 1 aliphatic carbocycles. The van der Waals surface area contributed by atoms with Crippen molar-refractivity contribution < 1.29 is 14.3 Å². The lowest BCUT2D eigenvalue weighted by atomic mass is 9.79. The lowest BCUT2D eigenvalue weighted by molar-refractivity contribution is 0.0909. The number of hydrogen-bond donors (Lipinski definition) is 3. The quantitative estimate of drug-likeness (QED) is 0.738. The third-order valence-electron chi connectivity index (χ3n) is 4.09. The molecule has 0 radical (unpaired) electrons. The Morgan fingerprint density at radius 3 is 2.70 bits per heavy atom. The molecule has 0 bridgehead atoms. The molecular weight excluding hydrogens is 259 g/mol. The Bertz CT molecular complexity index is 479. The van der Waals surface area contributed by atoms with Crippen molar-refractivity contribution in [2.75, 3.05) is 18.9 Å². The highest BCUT2D eigenvalue weighted by molar-refractivity contribution is 5.94. The lowest BCUT2D eigenvalue weighted by Crippen LogP contribution is -2.35. The zero-order chi connectivity index (χ0) is 14.5. The van der Waals surface area contributed by atoms with Gasteiger partial charge in [-0.15, -0.1) is 0 Å². The summed E-state index contributed by atoms with van der Waals surface area (Å²) in [5.41, 5.74) is 5.69. The maximum atomic E-state index is 13.3. The number of nitrogens with two attached hydrogens (primary N) is 1.